The highest BCUT2D eigenvalue weighted by Gasteiger charge is 2.19. The van der Waals surface area contributed by atoms with Gasteiger partial charge < -0.3 is 15.8 Å². The summed E-state index contributed by atoms with van der Waals surface area (Å²) in [5, 5.41) is 7.79. The van der Waals surface area contributed by atoms with Crippen LogP contribution in [0.5, 0.6) is 5.75 Å². The lowest BCUT2D eigenvalue weighted by molar-refractivity contribution is 0.206. The summed E-state index contributed by atoms with van der Waals surface area (Å²) in [6.07, 6.45) is 5.67. The highest BCUT2D eigenvalue weighted by molar-refractivity contribution is 5.76. The maximum Gasteiger partial charge on any atom is 0.158 e. The summed E-state index contributed by atoms with van der Waals surface area (Å²) >= 11 is 0. The Balaban J connectivity index is 1.62. The van der Waals surface area contributed by atoms with Crippen molar-refractivity contribution in [2.45, 2.75) is 32.4 Å². The molecule has 0 saturated carbocycles. The second kappa shape index (κ2) is 7.54. The Morgan fingerprint density at radius 3 is 2.85 bits per heavy atom. The van der Waals surface area contributed by atoms with Crippen LogP contribution < -0.4 is 15.8 Å². The lowest BCUT2D eigenvalue weighted by atomic mass is 10.1. The van der Waals surface area contributed by atoms with Crippen LogP contribution in [-0.4, -0.2) is 45.7 Å². The number of aryl methyl sites for hydroxylation is 1. The number of anilines is 2. The van der Waals surface area contributed by atoms with E-state index in [9.17, 15) is 0 Å². The van der Waals surface area contributed by atoms with E-state index in [1.54, 1.807) is 13.4 Å². The van der Waals surface area contributed by atoms with Gasteiger partial charge in [-0.15, -0.1) is 0 Å². The molecule has 3 heterocycles. The number of likely N-dealkylation sites (tertiary alicyclic amines) is 1. The minimum absolute atomic E-state index is 0.337. The Morgan fingerprint density at radius 1 is 1.26 bits per heavy atom. The van der Waals surface area contributed by atoms with E-state index in [-0.39, 0.29) is 0 Å². The molecule has 0 atom stereocenters. The molecule has 3 N–H and O–H groups in total. The number of hydrogen-bond acceptors (Lipinski definition) is 6. The zero-order valence-electron chi connectivity index (χ0n) is 15.9. The van der Waals surface area contributed by atoms with Crippen LogP contribution in [0.4, 0.5) is 11.5 Å². The lowest BCUT2D eigenvalue weighted by Crippen LogP contribution is -2.39. The van der Waals surface area contributed by atoms with Gasteiger partial charge in [0.1, 0.15) is 17.6 Å². The van der Waals surface area contributed by atoms with E-state index in [0.717, 1.165) is 60.8 Å². The molecule has 7 heteroatoms. The monoisotopic (exact) mass is 366 g/mol. The number of nitrogens with two attached hydrogens (primary N) is 1. The van der Waals surface area contributed by atoms with Crippen molar-refractivity contribution in [2.24, 2.45) is 5.73 Å². The first-order valence-corrected chi connectivity index (χ1v) is 9.35. The topological polar surface area (TPSA) is 80.7 Å². The predicted octanol–water partition coefficient (Wildman–Crippen LogP) is 2.71. The molecule has 7 nitrogen and oxygen atoms in total. The van der Waals surface area contributed by atoms with Gasteiger partial charge in [-0.05, 0) is 56.1 Å². The molecule has 0 unspecified atom stereocenters. The van der Waals surface area contributed by atoms with E-state index in [2.05, 4.69) is 26.4 Å². The molecule has 1 aromatic carbocycles. The number of nitrogens with zero attached hydrogens (tertiary/aromatic N) is 4. The molecular formula is C20H26N6O. The number of fused-ring (bicyclic) bond motifs is 1. The van der Waals surface area contributed by atoms with E-state index < -0.39 is 0 Å². The predicted molar refractivity (Wildman–Crippen MR) is 106 cm³/mol. The Kier molecular flexibility index (Phi) is 4.96. The molecule has 4 rings (SSSR count). The first kappa shape index (κ1) is 17.8. The minimum atomic E-state index is 0.337. The molecule has 3 aromatic rings. The summed E-state index contributed by atoms with van der Waals surface area (Å²) in [5.74, 6) is 1.65. The maximum atomic E-state index is 6.03. The number of methoxy groups -OCH3 is 1. The quantitative estimate of drug-likeness (QED) is 0.723. The molecule has 2 aromatic heterocycles. The van der Waals surface area contributed by atoms with Crippen LogP contribution in [0.3, 0.4) is 0 Å². The van der Waals surface area contributed by atoms with Crippen LogP contribution in [0.1, 0.15) is 24.0 Å². The largest absolute Gasteiger partial charge is 0.496 e. The van der Waals surface area contributed by atoms with Gasteiger partial charge in [0.15, 0.2) is 5.82 Å². The summed E-state index contributed by atoms with van der Waals surface area (Å²) < 4.78 is 7.31. The number of piperidine rings is 1. The number of hydrogen-bond donors (Lipinski definition) is 2. The van der Waals surface area contributed by atoms with Gasteiger partial charge in [0.05, 0.1) is 7.11 Å². The van der Waals surface area contributed by atoms with Crippen LogP contribution in [0, 0.1) is 6.92 Å². The Labute approximate surface area is 159 Å². The van der Waals surface area contributed by atoms with Gasteiger partial charge >= 0.3 is 0 Å². The van der Waals surface area contributed by atoms with Crippen molar-refractivity contribution in [1.82, 2.24) is 19.5 Å². The number of benzene rings is 1. The van der Waals surface area contributed by atoms with Crippen LogP contribution in [-0.2, 0) is 6.54 Å². The third-order valence-corrected chi connectivity index (χ3v) is 5.23. The van der Waals surface area contributed by atoms with Crippen molar-refractivity contribution in [2.75, 3.05) is 25.5 Å². The van der Waals surface area contributed by atoms with Crippen molar-refractivity contribution in [3.05, 3.63) is 47.9 Å². The summed E-state index contributed by atoms with van der Waals surface area (Å²) in [6, 6.07) is 8.52. The molecule has 0 bridgehead atoms. The smallest absolute Gasteiger partial charge is 0.158 e. The average molecular weight is 366 g/mol. The minimum Gasteiger partial charge on any atom is -0.496 e. The lowest BCUT2D eigenvalue weighted by Gasteiger charge is -2.29. The van der Waals surface area contributed by atoms with Crippen LogP contribution >= 0.6 is 0 Å². The first-order valence-electron chi connectivity index (χ1n) is 9.35. The molecule has 142 valence electrons. The van der Waals surface area contributed by atoms with Crippen molar-refractivity contribution >= 4 is 17.0 Å². The van der Waals surface area contributed by atoms with Crippen molar-refractivity contribution in [3.63, 3.8) is 0 Å². The Bertz CT molecular complexity index is 929. The van der Waals surface area contributed by atoms with Crippen LogP contribution in [0.2, 0.25) is 0 Å². The van der Waals surface area contributed by atoms with Gasteiger partial charge in [-0.1, -0.05) is 6.07 Å². The molecule has 1 fully saturated rings. The molecule has 27 heavy (non-hydrogen) atoms. The van der Waals surface area contributed by atoms with E-state index in [1.807, 2.05) is 35.8 Å². The molecular weight excluding hydrogens is 340 g/mol. The van der Waals surface area contributed by atoms with Gasteiger partial charge in [0, 0.05) is 30.5 Å². The zero-order chi connectivity index (χ0) is 18.8. The summed E-state index contributed by atoms with van der Waals surface area (Å²) in [5.41, 5.74) is 10.3. The molecule has 0 aliphatic carbocycles. The average Bonchev–Trinajstić information content (AvgIpc) is 3.09. The van der Waals surface area contributed by atoms with E-state index in [4.69, 9.17) is 10.5 Å². The highest BCUT2D eigenvalue weighted by Crippen LogP contribution is 2.28. The molecule has 0 spiro atoms. The van der Waals surface area contributed by atoms with E-state index >= 15 is 0 Å². The van der Waals surface area contributed by atoms with Gasteiger partial charge in [0.2, 0.25) is 0 Å². The van der Waals surface area contributed by atoms with E-state index in [1.165, 1.54) is 5.56 Å². The second-order valence-corrected chi connectivity index (χ2v) is 7.17. The normalized spacial score (nSPS) is 16.0. The SMILES string of the molecule is COc1cc(Nc2ncnn3ccc(CN4CCC(N)CC4)c23)ccc1C. The van der Waals surface area contributed by atoms with Gasteiger partial charge in [-0.3, -0.25) is 4.90 Å². The van der Waals surface area contributed by atoms with Crippen molar-refractivity contribution < 1.29 is 4.74 Å². The molecule has 1 aliphatic rings. The highest BCUT2D eigenvalue weighted by atomic mass is 16.5. The molecule has 1 aliphatic heterocycles. The standard InChI is InChI=1S/C20H26N6O/c1-14-3-4-17(11-18(14)27-2)24-20-19-15(5-10-26(19)23-13-22-20)12-25-8-6-16(21)7-9-25/h3-5,10-11,13,16H,6-9,12,21H2,1-2H3,(H,22,23,24). The number of ether oxygens (including phenoxy) is 1. The maximum absolute atomic E-state index is 6.03. The van der Waals surface area contributed by atoms with Gasteiger partial charge in [-0.2, -0.15) is 5.10 Å². The van der Waals surface area contributed by atoms with Crippen LogP contribution in [0.15, 0.2) is 36.8 Å². The zero-order valence-corrected chi connectivity index (χ0v) is 15.9. The molecule has 1 saturated heterocycles. The second-order valence-electron chi connectivity index (χ2n) is 7.17. The number of rotatable bonds is 5. The Hall–Kier alpha value is -2.64. The fourth-order valence-electron chi connectivity index (χ4n) is 3.62. The van der Waals surface area contributed by atoms with Gasteiger partial charge in [-0.25, -0.2) is 9.50 Å². The van der Waals surface area contributed by atoms with E-state index in [0.29, 0.717) is 6.04 Å². The van der Waals surface area contributed by atoms with Gasteiger partial charge in [0.25, 0.3) is 0 Å². The Morgan fingerprint density at radius 2 is 2.07 bits per heavy atom. The third kappa shape index (κ3) is 3.74. The summed E-state index contributed by atoms with van der Waals surface area (Å²) in [6.45, 7) is 4.97. The summed E-state index contributed by atoms with van der Waals surface area (Å²) in [7, 11) is 1.69. The van der Waals surface area contributed by atoms with Crippen molar-refractivity contribution in [1.29, 1.82) is 0 Å². The fourth-order valence-corrected chi connectivity index (χ4v) is 3.62. The van der Waals surface area contributed by atoms with Crippen molar-refractivity contribution in [3.8, 4) is 5.75 Å². The number of aromatic nitrogens is 3. The molecule has 0 amide bonds. The summed E-state index contributed by atoms with van der Waals surface area (Å²) in [4.78, 5) is 6.94. The first-order chi connectivity index (χ1) is 13.1. The van der Waals surface area contributed by atoms with Crippen LogP contribution in [0.25, 0.3) is 5.52 Å². The third-order valence-electron chi connectivity index (χ3n) is 5.23. The number of nitrogens with one attached hydrogen (secondary N) is 1. The fraction of sp³-hybridized carbons (Fsp3) is 0.400. The molecule has 0 radical (unpaired) electrons.